The number of hydrogen-bond acceptors (Lipinski definition) is 2. The highest BCUT2D eigenvalue weighted by Crippen LogP contribution is 2.47. The molecule has 2 nitrogen and oxygen atoms in total. The van der Waals surface area contributed by atoms with Gasteiger partial charge in [-0.05, 0) is 165 Å². The highest BCUT2D eigenvalue weighted by atomic mass is 15.1. The van der Waals surface area contributed by atoms with Gasteiger partial charge in [-0.1, -0.05) is 237 Å². The minimum atomic E-state index is 0.717. The van der Waals surface area contributed by atoms with E-state index in [4.69, 9.17) is 0 Å². The smallest absolute Gasteiger partial charge is 0.0494 e. The van der Waals surface area contributed by atoms with Gasteiger partial charge in [-0.2, -0.15) is 0 Å². The summed E-state index contributed by atoms with van der Waals surface area (Å²) >= 11 is 0. The molecule has 362 valence electrons. The van der Waals surface area contributed by atoms with Gasteiger partial charge in [0.1, 0.15) is 0 Å². The van der Waals surface area contributed by atoms with E-state index in [-0.39, 0.29) is 0 Å². The Kier molecular flexibility index (Phi) is 11.7. The monoisotopic (exact) mass is 980 g/mol. The van der Waals surface area contributed by atoms with E-state index in [1.807, 2.05) is 0 Å². The van der Waals surface area contributed by atoms with Crippen LogP contribution in [-0.4, -0.2) is 0 Å². The molecule has 0 unspecified atom stereocenters. The Hall–Kier alpha value is -10.0. The van der Waals surface area contributed by atoms with E-state index in [9.17, 15) is 0 Å². The molecular formula is C75H52N2. The zero-order valence-corrected chi connectivity index (χ0v) is 42.5. The van der Waals surface area contributed by atoms with Crippen LogP contribution >= 0.6 is 0 Å². The second kappa shape index (κ2) is 19.7. The van der Waals surface area contributed by atoms with Crippen LogP contribution in [0.4, 0.5) is 28.4 Å². The fourth-order valence-corrected chi connectivity index (χ4v) is 11.6. The predicted molar refractivity (Wildman–Crippen MR) is 332 cm³/mol. The topological polar surface area (TPSA) is 6.48 Å². The first-order chi connectivity index (χ1) is 38.1. The van der Waals surface area contributed by atoms with Gasteiger partial charge in [-0.25, -0.2) is 0 Å². The van der Waals surface area contributed by atoms with Crippen LogP contribution in [0.2, 0.25) is 0 Å². The Labute approximate surface area is 449 Å². The largest absolute Gasteiger partial charge is 0.336 e. The highest BCUT2D eigenvalue weighted by Gasteiger charge is 2.21. The molecular weight excluding hydrogens is 929 g/mol. The number of anilines is 5. The molecule has 14 aromatic rings. The van der Waals surface area contributed by atoms with Gasteiger partial charge >= 0.3 is 0 Å². The molecule has 0 bridgehead atoms. The van der Waals surface area contributed by atoms with Gasteiger partial charge in [-0.15, -0.1) is 0 Å². The summed E-state index contributed by atoms with van der Waals surface area (Å²) in [6, 6.07) is 102. The molecule has 0 aromatic heterocycles. The van der Waals surface area contributed by atoms with Crippen LogP contribution < -0.4 is 9.80 Å². The Morgan fingerprint density at radius 3 is 1.32 bits per heavy atom. The normalized spacial score (nSPS) is 11.8. The lowest BCUT2D eigenvalue weighted by Crippen LogP contribution is -2.17. The number of hydrogen-bond donors (Lipinski definition) is 0. The molecule has 0 saturated heterocycles. The quantitative estimate of drug-likeness (QED) is 0.0889. The lowest BCUT2D eigenvalue weighted by atomic mass is 9.87. The fourth-order valence-electron chi connectivity index (χ4n) is 11.6. The Morgan fingerprint density at radius 2 is 0.727 bits per heavy atom. The summed E-state index contributed by atoms with van der Waals surface area (Å²) in [7, 11) is 0. The van der Waals surface area contributed by atoms with Crippen molar-refractivity contribution in [2.45, 2.75) is 6.54 Å². The van der Waals surface area contributed by atoms with Crippen molar-refractivity contribution in [2.24, 2.45) is 0 Å². The van der Waals surface area contributed by atoms with Gasteiger partial charge in [0.05, 0.1) is 0 Å². The van der Waals surface area contributed by atoms with E-state index >= 15 is 0 Å². The van der Waals surface area contributed by atoms with E-state index in [2.05, 4.69) is 313 Å². The van der Waals surface area contributed by atoms with Crippen LogP contribution in [0, 0.1) is 0 Å². The van der Waals surface area contributed by atoms with Crippen molar-refractivity contribution < 1.29 is 0 Å². The minimum absolute atomic E-state index is 0.717. The first-order valence-corrected chi connectivity index (χ1v) is 26.6. The number of benzene rings is 14. The molecule has 0 N–H and O–H groups in total. The van der Waals surface area contributed by atoms with Crippen LogP contribution in [0.5, 0.6) is 0 Å². The van der Waals surface area contributed by atoms with Crippen LogP contribution in [-0.2, 0) is 6.54 Å². The second-order valence-electron chi connectivity index (χ2n) is 20.1. The predicted octanol–water partition coefficient (Wildman–Crippen LogP) is 20.9. The van der Waals surface area contributed by atoms with Gasteiger partial charge < -0.3 is 9.80 Å². The zero-order valence-electron chi connectivity index (χ0n) is 42.5. The highest BCUT2D eigenvalue weighted by molar-refractivity contribution is 6.27. The molecule has 0 spiro atoms. The van der Waals surface area contributed by atoms with E-state index in [1.54, 1.807) is 0 Å². The van der Waals surface area contributed by atoms with Crippen molar-refractivity contribution in [1.82, 2.24) is 0 Å². The van der Waals surface area contributed by atoms with E-state index in [1.165, 1.54) is 98.1 Å². The summed E-state index contributed by atoms with van der Waals surface area (Å²) < 4.78 is 0. The molecule has 0 aliphatic carbocycles. The fraction of sp³-hybridized carbons (Fsp3) is 0.0133. The van der Waals surface area contributed by atoms with E-state index in [0.29, 0.717) is 6.54 Å². The van der Waals surface area contributed by atoms with Gasteiger partial charge in [0.15, 0.2) is 0 Å². The number of rotatable bonds is 12. The third-order valence-electron chi connectivity index (χ3n) is 15.3. The summed E-state index contributed by atoms with van der Waals surface area (Å²) in [6.45, 7) is 0.717. The number of fused-ring (bicyclic) bond motifs is 5. The number of para-hydroxylation sites is 1. The van der Waals surface area contributed by atoms with Crippen molar-refractivity contribution >= 4 is 117 Å². The SMILES string of the molecule is C(=C\c1ccc(N(Cc2ccccc2)c2ccc(-c3cc4ccc5cc(N(c6ccccc6)c6ccc(/C=C/c7ccccc7)cc6)cc6ccc(c3)c4c56)c3c2ccc2c4ccccc4ccc23)cc1)/c1ccccc1. The van der Waals surface area contributed by atoms with E-state index < -0.39 is 0 Å². The average molecular weight is 981 g/mol. The van der Waals surface area contributed by atoms with Gasteiger partial charge in [0.2, 0.25) is 0 Å². The molecule has 0 atom stereocenters. The molecule has 0 saturated carbocycles. The molecule has 0 aliphatic rings. The summed E-state index contributed by atoms with van der Waals surface area (Å²) in [6.07, 6.45) is 8.72. The van der Waals surface area contributed by atoms with Crippen LogP contribution in [0.25, 0.3) is 100 Å². The average Bonchev–Trinajstić information content (AvgIpc) is 3.59. The molecule has 0 amide bonds. The third kappa shape index (κ3) is 8.72. The molecule has 77 heavy (non-hydrogen) atoms. The van der Waals surface area contributed by atoms with Gasteiger partial charge in [0.25, 0.3) is 0 Å². The number of nitrogens with zero attached hydrogens (tertiary/aromatic N) is 2. The summed E-state index contributed by atoms with van der Waals surface area (Å²) in [4.78, 5) is 4.87. The molecule has 14 aromatic carbocycles. The van der Waals surface area contributed by atoms with Crippen LogP contribution in [0.3, 0.4) is 0 Å². The molecule has 2 heteroatoms. The second-order valence-corrected chi connectivity index (χ2v) is 20.1. The standard InChI is InChI=1S/C75H52N2/c1-5-15-52(16-6-1)25-27-54-29-38-63(39-30-54)76(51-56-19-9-3-10-20-56)72-46-45-68(75-70-42-37-57-21-13-14-24-67(57)69(70)43-44-71(72)75)62-47-58-33-35-60-49-66(50-61-36-34-59(48-62)73(58)74(60)61)77(64-22-11-4-12-23-64)65-40-31-55(32-41-65)28-26-53-17-7-2-8-18-53/h1-50H,51H2/b27-25+,28-26+. The van der Waals surface area contributed by atoms with E-state index in [0.717, 1.165) is 33.9 Å². The van der Waals surface area contributed by atoms with Crippen molar-refractivity contribution in [2.75, 3.05) is 9.80 Å². The summed E-state index contributed by atoms with van der Waals surface area (Å²) in [5.41, 5.74) is 14.0. The molecule has 14 rings (SSSR count). The molecule has 0 heterocycles. The summed E-state index contributed by atoms with van der Waals surface area (Å²) in [5.74, 6) is 0. The van der Waals surface area contributed by atoms with Crippen molar-refractivity contribution in [3.63, 3.8) is 0 Å². The minimum Gasteiger partial charge on any atom is -0.336 e. The lowest BCUT2D eigenvalue weighted by Gasteiger charge is -2.28. The maximum absolute atomic E-state index is 2.49. The van der Waals surface area contributed by atoms with Crippen molar-refractivity contribution in [3.05, 3.63) is 307 Å². The Morgan fingerprint density at radius 1 is 0.273 bits per heavy atom. The Bertz CT molecular complexity index is 4420. The third-order valence-corrected chi connectivity index (χ3v) is 15.3. The van der Waals surface area contributed by atoms with Gasteiger partial charge in [-0.3, -0.25) is 0 Å². The van der Waals surface area contributed by atoms with Crippen LogP contribution in [0.1, 0.15) is 27.8 Å². The molecule has 0 aliphatic heterocycles. The van der Waals surface area contributed by atoms with Crippen molar-refractivity contribution in [1.29, 1.82) is 0 Å². The first kappa shape index (κ1) is 45.6. The van der Waals surface area contributed by atoms with Crippen molar-refractivity contribution in [3.8, 4) is 11.1 Å². The zero-order chi connectivity index (χ0) is 51.1. The van der Waals surface area contributed by atoms with Gasteiger partial charge in [0, 0.05) is 40.4 Å². The Balaban J connectivity index is 0.893. The maximum atomic E-state index is 2.49. The molecule has 0 radical (unpaired) electrons. The lowest BCUT2D eigenvalue weighted by molar-refractivity contribution is 0.981. The maximum Gasteiger partial charge on any atom is 0.0494 e. The summed E-state index contributed by atoms with van der Waals surface area (Å²) in [5, 5.41) is 15.0. The first-order valence-electron chi connectivity index (χ1n) is 26.6. The van der Waals surface area contributed by atoms with Crippen LogP contribution in [0.15, 0.2) is 279 Å². The molecule has 0 fully saturated rings.